The average Bonchev–Trinajstić information content (AvgIpc) is 2.51. The third-order valence-electron chi connectivity index (χ3n) is 3.30. The van der Waals surface area contributed by atoms with E-state index in [-0.39, 0.29) is 6.54 Å². The van der Waals surface area contributed by atoms with Crippen LogP contribution in [-0.4, -0.2) is 24.1 Å². The summed E-state index contributed by atoms with van der Waals surface area (Å²) in [6.45, 7) is 3.36. The van der Waals surface area contributed by atoms with Gasteiger partial charge in [0.2, 0.25) is 0 Å². The Labute approximate surface area is 131 Å². The number of hydrogen-bond donors (Lipinski definition) is 2. The monoisotopic (exact) mass is 341 g/mol. The number of amides is 1. The Kier molecular flexibility index (Phi) is 4.49. The van der Waals surface area contributed by atoms with Crippen LogP contribution >= 0.6 is 0 Å². The molecule has 0 saturated heterocycles. The zero-order valence-corrected chi connectivity index (χ0v) is 12.6. The van der Waals surface area contributed by atoms with E-state index < -0.39 is 21.3 Å². The van der Waals surface area contributed by atoms with Gasteiger partial charge >= 0.3 is 21.3 Å². The fourth-order valence-electron chi connectivity index (χ4n) is 2.11. The lowest BCUT2D eigenvalue weighted by Crippen LogP contribution is -2.45. The number of alkyl halides is 2. The van der Waals surface area contributed by atoms with Gasteiger partial charge in [0.15, 0.2) is 0 Å². The maximum atomic E-state index is 13.2. The Balaban J connectivity index is 2.31. The highest BCUT2D eigenvalue weighted by Crippen LogP contribution is 2.25. The summed E-state index contributed by atoms with van der Waals surface area (Å²) in [6.07, 6.45) is 1.64. The molecule has 0 saturated carbocycles. The summed E-state index contributed by atoms with van der Waals surface area (Å²) in [5.74, 6) is -2.09. The highest BCUT2D eigenvalue weighted by molar-refractivity contribution is 7.87. The zero-order valence-electron chi connectivity index (χ0n) is 11.8. The summed E-state index contributed by atoms with van der Waals surface area (Å²) in [5.41, 5.74) is 1.35. The van der Waals surface area contributed by atoms with E-state index in [0.29, 0.717) is 10.9 Å². The smallest absolute Gasteiger partial charge is 0.346 e. The van der Waals surface area contributed by atoms with Gasteiger partial charge in [-0.05, 0) is 21.9 Å². The van der Waals surface area contributed by atoms with Crippen LogP contribution in [0.3, 0.4) is 0 Å². The Morgan fingerprint density at radius 3 is 2.39 bits per heavy atom. The van der Waals surface area contributed by atoms with E-state index in [1.54, 1.807) is 36.4 Å². The Bertz CT molecular complexity index is 878. The minimum Gasteiger partial charge on any atom is -0.346 e. The first-order valence-electron chi connectivity index (χ1n) is 6.44. The van der Waals surface area contributed by atoms with Gasteiger partial charge in [-0.3, -0.25) is 9.35 Å². The molecular weight excluding hydrogens is 328 g/mol. The van der Waals surface area contributed by atoms with Crippen LogP contribution < -0.4 is 5.32 Å². The third-order valence-corrected chi connectivity index (χ3v) is 4.13. The molecule has 0 fully saturated rings. The number of carbonyl (C=O) groups excluding carboxylic acids is 1. The predicted octanol–water partition coefficient (Wildman–Crippen LogP) is 2.58. The van der Waals surface area contributed by atoms with E-state index in [2.05, 4.69) is 6.58 Å². The van der Waals surface area contributed by atoms with Gasteiger partial charge in [-0.1, -0.05) is 49.1 Å². The first kappa shape index (κ1) is 17.0. The lowest BCUT2D eigenvalue weighted by molar-refractivity contribution is -0.136. The molecule has 0 aliphatic carbocycles. The van der Waals surface area contributed by atoms with E-state index in [1.807, 2.05) is 11.4 Å². The molecule has 0 spiro atoms. The van der Waals surface area contributed by atoms with Crippen LogP contribution in [0.5, 0.6) is 0 Å². The summed E-state index contributed by atoms with van der Waals surface area (Å²) in [7, 11) is -5.82. The maximum absolute atomic E-state index is 13.2. The molecule has 0 unspecified atom stereocenters. The number of rotatable bonds is 5. The number of nitrogens with one attached hydrogen (secondary N) is 1. The minimum absolute atomic E-state index is 0.318. The Morgan fingerprint density at radius 2 is 1.83 bits per heavy atom. The van der Waals surface area contributed by atoms with Crippen molar-refractivity contribution < 1.29 is 26.5 Å². The molecule has 0 aromatic heterocycles. The molecule has 8 heteroatoms. The van der Waals surface area contributed by atoms with E-state index >= 15 is 0 Å². The quantitative estimate of drug-likeness (QED) is 0.819. The Morgan fingerprint density at radius 1 is 1.22 bits per heavy atom. The summed E-state index contributed by atoms with van der Waals surface area (Å²) in [4.78, 5) is 11.3. The standard InChI is InChI=1S/C15H13F2NO4S/c1-2-10-7-8-11(13-6-4-3-5-12(10)13)9-18-14(19)15(16,17)23(20,21)22/h2-8H,1,9H2,(H,18,19)(H,20,21,22). The molecule has 0 radical (unpaired) electrons. The summed E-state index contributed by atoms with van der Waals surface area (Å²) in [5, 5.41) is -1.55. The third kappa shape index (κ3) is 3.22. The molecule has 0 aliphatic rings. The van der Waals surface area contributed by atoms with Crippen molar-refractivity contribution in [3.8, 4) is 0 Å². The number of halogens is 2. The van der Waals surface area contributed by atoms with E-state index in [1.165, 1.54) is 0 Å². The lowest BCUT2D eigenvalue weighted by atomic mass is 9.99. The van der Waals surface area contributed by atoms with Gasteiger partial charge in [-0.2, -0.15) is 17.2 Å². The van der Waals surface area contributed by atoms with Gasteiger partial charge in [0.05, 0.1) is 0 Å². The van der Waals surface area contributed by atoms with Crippen LogP contribution in [0.4, 0.5) is 8.78 Å². The first-order chi connectivity index (χ1) is 10.7. The van der Waals surface area contributed by atoms with Crippen LogP contribution in [-0.2, 0) is 21.5 Å². The predicted molar refractivity (Wildman–Crippen MR) is 82.4 cm³/mol. The van der Waals surface area contributed by atoms with E-state index in [4.69, 9.17) is 4.55 Å². The van der Waals surface area contributed by atoms with Crippen molar-refractivity contribution in [1.82, 2.24) is 5.32 Å². The van der Waals surface area contributed by atoms with Gasteiger partial charge in [-0.25, -0.2) is 0 Å². The fraction of sp³-hybridized carbons (Fsp3) is 0.133. The summed E-state index contributed by atoms with van der Waals surface area (Å²) in [6, 6.07) is 10.4. The fourth-order valence-corrected chi connectivity index (χ4v) is 2.42. The van der Waals surface area contributed by atoms with Crippen molar-refractivity contribution >= 4 is 32.9 Å². The SMILES string of the molecule is C=Cc1ccc(CNC(=O)C(F)(F)S(=O)(=O)O)c2ccccc12. The van der Waals surface area contributed by atoms with Crippen molar-refractivity contribution in [1.29, 1.82) is 0 Å². The van der Waals surface area contributed by atoms with Crippen LogP contribution in [0.2, 0.25) is 0 Å². The molecule has 0 atom stereocenters. The van der Waals surface area contributed by atoms with Crippen LogP contribution in [0.1, 0.15) is 11.1 Å². The molecule has 1 amide bonds. The molecular formula is C15H13F2NO4S. The van der Waals surface area contributed by atoms with Crippen molar-refractivity contribution in [2.45, 2.75) is 11.8 Å². The lowest BCUT2D eigenvalue weighted by Gasteiger charge is -2.14. The number of benzene rings is 2. The zero-order chi connectivity index (χ0) is 17.3. The summed E-state index contributed by atoms with van der Waals surface area (Å²) < 4.78 is 55.9. The molecule has 2 aromatic carbocycles. The van der Waals surface area contributed by atoms with Gasteiger partial charge in [-0.15, -0.1) is 0 Å². The molecule has 2 N–H and O–H groups in total. The number of hydrogen-bond acceptors (Lipinski definition) is 3. The second kappa shape index (κ2) is 6.05. The molecule has 0 aliphatic heterocycles. The highest BCUT2D eigenvalue weighted by atomic mass is 32.2. The number of fused-ring (bicyclic) bond motifs is 1. The Hall–Kier alpha value is -2.32. The van der Waals surface area contributed by atoms with Crippen LogP contribution in [0.25, 0.3) is 16.8 Å². The largest absolute Gasteiger partial charge is 0.446 e. The van der Waals surface area contributed by atoms with Crippen molar-refractivity contribution in [3.05, 3.63) is 54.1 Å². The summed E-state index contributed by atoms with van der Waals surface area (Å²) >= 11 is 0. The van der Waals surface area contributed by atoms with Crippen molar-refractivity contribution in [3.63, 3.8) is 0 Å². The second-order valence-corrected chi connectivity index (χ2v) is 6.20. The van der Waals surface area contributed by atoms with E-state index in [9.17, 15) is 22.0 Å². The van der Waals surface area contributed by atoms with Crippen molar-refractivity contribution in [2.75, 3.05) is 0 Å². The maximum Gasteiger partial charge on any atom is 0.446 e. The second-order valence-electron chi connectivity index (χ2n) is 4.74. The molecule has 0 bridgehead atoms. The molecule has 2 rings (SSSR count). The molecule has 2 aromatic rings. The topological polar surface area (TPSA) is 83.5 Å². The van der Waals surface area contributed by atoms with E-state index in [0.717, 1.165) is 10.9 Å². The number of carbonyl (C=O) groups is 1. The van der Waals surface area contributed by atoms with Gasteiger partial charge in [0, 0.05) is 6.54 Å². The van der Waals surface area contributed by atoms with Gasteiger partial charge in [0.25, 0.3) is 0 Å². The van der Waals surface area contributed by atoms with Crippen LogP contribution in [0.15, 0.2) is 43.0 Å². The minimum atomic E-state index is -5.82. The van der Waals surface area contributed by atoms with Crippen LogP contribution in [0, 0.1) is 0 Å². The molecule has 122 valence electrons. The van der Waals surface area contributed by atoms with Gasteiger partial charge in [0.1, 0.15) is 0 Å². The average molecular weight is 341 g/mol. The normalized spacial score (nSPS) is 12.1. The van der Waals surface area contributed by atoms with Crippen molar-refractivity contribution in [2.24, 2.45) is 0 Å². The van der Waals surface area contributed by atoms with Gasteiger partial charge < -0.3 is 5.32 Å². The highest BCUT2D eigenvalue weighted by Gasteiger charge is 2.52. The molecule has 0 heterocycles. The first-order valence-corrected chi connectivity index (χ1v) is 7.88. The molecule has 5 nitrogen and oxygen atoms in total. The molecule has 23 heavy (non-hydrogen) atoms.